The lowest BCUT2D eigenvalue weighted by Crippen LogP contribution is -2.42. The Balaban J connectivity index is 2.21. The summed E-state index contributed by atoms with van der Waals surface area (Å²) in [5.74, 6) is 0.892. The van der Waals surface area contributed by atoms with Crippen molar-refractivity contribution in [2.24, 2.45) is 5.92 Å². The Hall–Kier alpha value is -0.610. The van der Waals surface area contributed by atoms with Crippen molar-refractivity contribution in [2.45, 2.75) is 39.2 Å². The number of piperidine rings is 1. The Morgan fingerprint density at radius 1 is 1.47 bits per heavy atom. The van der Waals surface area contributed by atoms with Crippen LogP contribution in [0.3, 0.4) is 0 Å². The van der Waals surface area contributed by atoms with Crippen molar-refractivity contribution in [3.63, 3.8) is 0 Å². The van der Waals surface area contributed by atoms with Crippen LogP contribution in [0.1, 0.15) is 33.1 Å². The largest absolute Gasteiger partial charge is 0.359 e. The SMILES string of the molecule is CNC(=O)CCN1CCCC(CNC(C)C)C1. The number of likely N-dealkylation sites (tertiary alicyclic amines) is 1. The first-order chi connectivity index (χ1) is 8.11. The Labute approximate surface area is 105 Å². The maximum atomic E-state index is 11.2. The van der Waals surface area contributed by atoms with Gasteiger partial charge in [0.1, 0.15) is 0 Å². The number of hydrogen-bond acceptors (Lipinski definition) is 3. The van der Waals surface area contributed by atoms with Crippen LogP contribution in [0.4, 0.5) is 0 Å². The Morgan fingerprint density at radius 2 is 2.24 bits per heavy atom. The number of rotatable bonds is 6. The van der Waals surface area contributed by atoms with Gasteiger partial charge in [-0.15, -0.1) is 0 Å². The molecule has 1 heterocycles. The molecule has 2 N–H and O–H groups in total. The molecule has 1 aliphatic heterocycles. The predicted octanol–water partition coefficient (Wildman–Crippen LogP) is 0.833. The minimum Gasteiger partial charge on any atom is -0.359 e. The van der Waals surface area contributed by atoms with Crippen LogP contribution in [0.15, 0.2) is 0 Å². The Bertz CT molecular complexity index is 231. The molecule has 4 nitrogen and oxygen atoms in total. The van der Waals surface area contributed by atoms with Crippen LogP contribution in [-0.2, 0) is 4.79 Å². The molecule has 1 rings (SSSR count). The second-order valence-corrected chi connectivity index (χ2v) is 5.29. The van der Waals surface area contributed by atoms with Gasteiger partial charge >= 0.3 is 0 Å². The number of nitrogens with zero attached hydrogens (tertiary/aromatic N) is 1. The van der Waals surface area contributed by atoms with Gasteiger partial charge in [-0.3, -0.25) is 4.79 Å². The number of amides is 1. The van der Waals surface area contributed by atoms with Crippen LogP contribution in [-0.4, -0.2) is 50.1 Å². The van der Waals surface area contributed by atoms with E-state index in [1.54, 1.807) is 7.05 Å². The molecule has 1 aliphatic rings. The van der Waals surface area contributed by atoms with Crippen LogP contribution in [0.25, 0.3) is 0 Å². The quantitative estimate of drug-likeness (QED) is 0.724. The minimum atomic E-state index is 0.146. The summed E-state index contributed by atoms with van der Waals surface area (Å²) in [4.78, 5) is 13.6. The molecule has 0 aliphatic carbocycles. The van der Waals surface area contributed by atoms with Gasteiger partial charge in [0.05, 0.1) is 0 Å². The lowest BCUT2D eigenvalue weighted by molar-refractivity contribution is -0.121. The van der Waals surface area contributed by atoms with Gasteiger partial charge in [0.2, 0.25) is 5.91 Å². The summed E-state index contributed by atoms with van der Waals surface area (Å²) in [6.07, 6.45) is 3.20. The maximum Gasteiger partial charge on any atom is 0.221 e. The van der Waals surface area contributed by atoms with Crippen LogP contribution >= 0.6 is 0 Å². The highest BCUT2D eigenvalue weighted by atomic mass is 16.1. The summed E-state index contributed by atoms with van der Waals surface area (Å²) in [7, 11) is 1.70. The first-order valence-electron chi connectivity index (χ1n) is 6.78. The standard InChI is InChI=1S/C13H27N3O/c1-11(2)15-9-12-5-4-7-16(10-12)8-6-13(17)14-3/h11-12,15H,4-10H2,1-3H3,(H,14,17). The second-order valence-electron chi connectivity index (χ2n) is 5.29. The third-order valence-electron chi connectivity index (χ3n) is 3.35. The molecular weight excluding hydrogens is 214 g/mol. The van der Waals surface area contributed by atoms with Gasteiger partial charge in [-0.1, -0.05) is 13.8 Å². The highest BCUT2D eigenvalue weighted by Gasteiger charge is 2.19. The number of hydrogen-bond donors (Lipinski definition) is 2. The number of carbonyl (C=O) groups is 1. The van der Waals surface area contributed by atoms with Crippen LogP contribution in [0.2, 0.25) is 0 Å². The fourth-order valence-electron chi connectivity index (χ4n) is 2.31. The zero-order valence-electron chi connectivity index (χ0n) is 11.5. The first-order valence-corrected chi connectivity index (χ1v) is 6.78. The van der Waals surface area contributed by atoms with E-state index in [1.165, 1.54) is 12.8 Å². The average Bonchev–Trinajstić information content (AvgIpc) is 2.34. The topological polar surface area (TPSA) is 44.4 Å². The Kier molecular flexibility index (Phi) is 6.52. The molecule has 0 aromatic rings. The maximum absolute atomic E-state index is 11.2. The van der Waals surface area contributed by atoms with E-state index in [9.17, 15) is 4.79 Å². The highest BCUT2D eigenvalue weighted by molar-refractivity contribution is 5.75. The molecule has 0 aromatic heterocycles. The van der Waals surface area contributed by atoms with Gasteiger partial charge < -0.3 is 15.5 Å². The Morgan fingerprint density at radius 3 is 2.88 bits per heavy atom. The summed E-state index contributed by atoms with van der Waals surface area (Å²) in [5.41, 5.74) is 0. The van der Waals surface area contributed by atoms with Crippen molar-refractivity contribution in [1.29, 1.82) is 0 Å². The zero-order chi connectivity index (χ0) is 12.7. The number of nitrogens with one attached hydrogen (secondary N) is 2. The molecule has 1 unspecified atom stereocenters. The van der Waals surface area contributed by atoms with Gasteiger partial charge in [-0.05, 0) is 31.8 Å². The van der Waals surface area contributed by atoms with Gasteiger partial charge in [0.25, 0.3) is 0 Å². The molecule has 17 heavy (non-hydrogen) atoms. The van der Waals surface area contributed by atoms with E-state index in [1.807, 2.05) is 0 Å². The van der Waals surface area contributed by atoms with E-state index in [2.05, 4.69) is 29.4 Å². The third-order valence-corrected chi connectivity index (χ3v) is 3.35. The normalized spacial score (nSPS) is 21.8. The predicted molar refractivity (Wildman–Crippen MR) is 71.0 cm³/mol. The fraction of sp³-hybridized carbons (Fsp3) is 0.923. The van der Waals surface area contributed by atoms with Gasteiger partial charge in [-0.25, -0.2) is 0 Å². The molecule has 0 spiro atoms. The molecule has 0 aromatic carbocycles. The average molecular weight is 241 g/mol. The van der Waals surface area contributed by atoms with E-state index < -0.39 is 0 Å². The summed E-state index contributed by atoms with van der Waals surface area (Å²) >= 11 is 0. The van der Waals surface area contributed by atoms with Crippen molar-refractivity contribution < 1.29 is 4.79 Å². The molecular formula is C13H27N3O. The van der Waals surface area contributed by atoms with Gasteiger partial charge in [0, 0.05) is 32.6 Å². The minimum absolute atomic E-state index is 0.146. The van der Waals surface area contributed by atoms with Crippen molar-refractivity contribution in [3.05, 3.63) is 0 Å². The number of carbonyl (C=O) groups excluding carboxylic acids is 1. The molecule has 100 valence electrons. The second kappa shape index (κ2) is 7.67. The summed E-state index contributed by atoms with van der Waals surface area (Å²) in [5, 5.41) is 6.18. The van der Waals surface area contributed by atoms with Crippen LogP contribution in [0, 0.1) is 5.92 Å². The summed E-state index contributed by atoms with van der Waals surface area (Å²) in [6, 6.07) is 0.566. The highest BCUT2D eigenvalue weighted by Crippen LogP contribution is 2.15. The van der Waals surface area contributed by atoms with Crippen molar-refractivity contribution in [3.8, 4) is 0 Å². The van der Waals surface area contributed by atoms with Gasteiger partial charge in [0.15, 0.2) is 0 Å². The van der Waals surface area contributed by atoms with E-state index in [0.29, 0.717) is 12.5 Å². The third kappa shape index (κ3) is 6.03. The monoisotopic (exact) mass is 241 g/mol. The smallest absolute Gasteiger partial charge is 0.221 e. The first kappa shape index (κ1) is 14.5. The summed E-state index contributed by atoms with van der Waals surface area (Å²) < 4.78 is 0. The molecule has 1 saturated heterocycles. The van der Waals surface area contributed by atoms with Crippen molar-refractivity contribution >= 4 is 5.91 Å². The fourth-order valence-corrected chi connectivity index (χ4v) is 2.31. The molecule has 0 bridgehead atoms. The van der Waals surface area contributed by atoms with E-state index >= 15 is 0 Å². The van der Waals surface area contributed by atoms with E-state index in [0.717, 1.165) is 32.1 Å². The van der Waals surface area contributed by atoms with Gasteiger partial charge in [-0.2, -0.15) is 0 Å². The van der Waals surface area contributed by atoms with E-state index in [4.69, 9.17) is 0 Å². The van der Waals surface area contributed by atoms with E-state index in [-0.39, 0.29) is 5.91 Å². The molecule has 1 fully saturated rings. The van der Waals surface area contributed by atoms with Crippen molar-refractivity contribution in [1.82, 2.24) is 15.5 Å². The molecule has 1 amide bonds. The van der Waals surface area contributed by atoms with Crippen LogP contribution in [0.5, 0.6) is 0 Å². The lowest BCUT2D eigenvalue weighted by Gasteiger charge is -2.33. The van der Waals surface area contributed by atoms with Crippen LogP contribution < -0.4 is 10.6 Å². The zero-order valence-corrected chi connectivity index (χ0v) is 11.5. The van der Waals surface area contributed by atoms with Crippen molar-refractivity contribution in [2.75, 3.05) is 33.2 Å². The molecule has 0 saturated carbocycles. The summed E-state index contributed by atoms with van der Waals surface area (Å²) in [6.45, 7) is 8.66. The molecule has 4 heteroatoms. The lowest BCUT2D eigenvalue weighted by atomic mass is 9.97. The molecule has 0 radical (unpaired) electrons. The molecule has 1 atom stereocenters.